The molecular formula is C17H21BrIN3. The Morgan fingerprint density at radius 3 is 2.41 bits per heavy atom. The second-order valence-electron chi connectivity index (χ2n) is 4.72. The lowest BCUT2D eigenvalue weighted by Crippen LogP contribution is -2.37. The lowest BCUT2D eigenvalue weighted by atomic mass is 10.1. The van der Waals surface area contributed by atoms with E-state index in [4.69, 9.17) is 0 Å². The van der Waals surface area contributed by atoms with E-state index in [1.807, 2.05) is 18.2 Å². The van der Waals surface area contributed by atoms with Gasteiger partial charge in [0.05, 0.1) is 0 Å². The lowest BCUT2D eigenvalue weighted by molar-refractivity contribution is 0.794. The molecule has 0 saturated carbocycles. The van der Waals surface area contributed by atoms with Crippen LogP contribution in [0.3, 0.4) is 0 Å². The summed E-state index contributed by atoms with van der Waals surface area (Å²) in [5.74, 6) is 0.825. The van der Waals surface area contributed by atoms with Crippen molar-refractivity contribution in [1.29, 1.82) is 0 Å². The highest BCUT2D eigenvalue weighted by atomic mass is 127. The molecule has 0 aliphatic heterocycles. The van der Waals surface area contributed by atoms with Crippen molar-refractivity contribution in [3.8, 4) is 0 Å². The molecule has 0 saturated heterocycles. The molecule has 0 unspecified atom stereocenters. The summed E-state index contributed by atoms with van der Waals surface area (Å²) in [5.41, 5.74) is 2.54. The highest BCUT2D eigenvalue weighted by molar-refractivity contribution is 14.0. The van der Waals surface area contributed by atoms with Crippen molar-refractivity contribution in [1.82, 2.24) is 10.6 Å². The summed E-state index contributed by atoms with van der Waals surface area (Å²) in [7, 11) is 1.79. The van der Waals surface area contributed by atoms with Gasteiger partial charge in [0.1, 0.15) is 0 Å². The fraction of sp³-hybridized carbons (Fsp3) is 0.235. The standard InChI is InChI=1S/C17H20BrN3.HI/c1-19-17(20-11-10-14-6-3-2-4-7-14)21-13-15-8-5-9-16(18)12-15;/h2-9,12H,10-11,13H2,1H3,(H2,19,20,21);1H. The van der Waals surface area contributed by atoms with Crippen molar-refractivity contribution in [3.05, 3.63) is 70.2 Å². The smallest absolute Gasteiger partial charge is 0.191 e. The van der Waals surface area contributed by atoms with Gasteiger partial charge in [0, 0.05) is 24.6 Å². The molecule has 2 aromatic carbocycles. The number of hydrogen-bond acceptors (Lipinski definition) is 1. The van der Waals surface area contributed by atoms with Gasteiger partial charge in [0.2, 0.25) is 0 Å². The largest absolute Gasteiger partial charge is 0.356 e. The third-order valence-corrected chi connectivity index (χ3v) is 3.61. The average Bonchev–Trinajstić information content (AvgIpc) is 2.52. The van der Waals surface area contributed by atoms with Crippen molar-refractivity contribution in [3.63, 3.8) is 0 Å². The highest BCUT2D eigenvalue weighted by Gasteiger charge is 1.99. The van der Waals surface area contributed by atoms with Crippen LogP contribution in [0.2, 0.25) is 0 Å². The van der Waals surface area contributed by atoms with Crippen molar-refractivity contribution in [2.45, 2.75) is 13.0 Å². The molecule has 2 N–H and O–H groups in total. The molecule has 0 heterocycles. The molecule has 5 heteroatoms. The van der Waals surface area contributed by atoms with Crippen LogP contribution in [0.15, 0.2) is 64.1 Å². The minimum atomic E-state index is 0. The molecule has 0 bridgehead atoms. The summed E-state index contributed by atoms with van der Waals surface area (Å²) in [6.07, 6.45) is 0.985. The van der Waals surface area contributed by atoms with Crippen molar-refractivity contribution in [2.75, 3.05) is 13.6 Å². The van der Waals surface area contributed by atoms with Gasteiger partial charge >= 0.3 is 0 Å². The predicted molar refractivity (Wildman–Crippen MR) is 108 cm³/mol. The van der Waals surface area contributed by atoms with Gasteiger partial charge in [-0.1, -0.05) is 58.4 Å². The Morgan fingerprint density at radius 2 is 1.73 bits per heavy atom. The van der Waals surface area contributed by atoms with Crippen LogP contribution in [0, 0.1) is 0 Å². The van der Waals surface area contributed by atoms with Crippen LogP contribution in [0.25, 0.3) is 0 Å². The van der Waals surface area contributed by atoms with Gasteiger partial charge in [-0.05, 0) is 29.7 Å². The van der Waals surface area contributed by atoms with E-state index in [2.05, 4.69) is 68.0 Å². The molecule has 0 atom stereocenters. The number of nitrogens with zero attached hydrogens (tertiary/aromatic N) is 1. The lowest BCUT2D eigenvalue weighted by Gasteiger charge is -2.12. The first-order chi connectivity index (χ1) is 10.3. The summed E-state index contributed by atoms with van der Waals surface area (Å²) in [6, 6.07) is 18.7. The number of rotatable bonds is 5. The summed E-state index contributed by atoms with van der Waals surface area (Å²) < 4.78 is 1.09. The van der Waals surface area contributed by atoms with Gasteiger partial charge < -0.3 is 10.6 Å². The van der Waals surface area contributed by atoms with E-state index in [0.717, 1.165) is 29.9 Å². The topological polar surface area (TPSA) is 36.4 Å². The normalized spacial score (nSPS) is 10.7. The van der Waals surface area contributed by atoms with E-state index in [0.29, 0.717) is 0 Å². The number of hydrogen-bond donors (Lipinski definition) is 2. The Hall–Kier alpha value is -1.08. The molecule has 0 aromatic heterocycles. The zero-order valence-electron chi connectivity index (χ0n) is 12.6. The predicted octanol–water partition coefficient (Wildman–Crippen LogP) is 3.97. The summed E-state index contributed by atoms with van der Waals surface area (Å²) in [4.78, 5) is 4.24. The minimum Gasteiger partial charge on any atom is -0.356 e. The third-order valence-electron chi connectivity index (χ3n) is 3.12. The fourth-order valence-corrected chi connectivity index (χ4v) is 2.47. The van der Waals surface area contributed by atoms with E-state index < -0.39 is 0 Å². The first-order valence-corrected chi connectivity index (χ1v) is 7.80. The number of guanidine groups is 1. The monoisotopic (exact) mass is 473 g/mol. The van der Waals surface area contributed by atoms with Crippen LogP contribution >= 0.6 is 39.9 Å². The molecule has 0 amide bonds. The van der Waals surface area contributed by atoms with E-state index in [1.54, 1.807) is 7.05 Å². The maximum atomic E-state index is 4.24. The third kappa shape index (κ3) is 6.79. The highest BCUT2D eigenvalue weighted by Crippen LogP contribution is 2.11. The number of halogens is 2. The van der Waals surface area contributed by atoms with E-state index in [1.165, 1.54) is 11.1 Å². The maximum Gasteiger partial charge on any atom is 0.191 e. The molecule has 0 radical (unpaired) electrons. The average molecular weight is 474 g/mol. The van der Waals surface area contributed by atoms with Gasteiger partial charge in [-0.3, -0.25) is 4.99 Å². The number of benzene rings is 2. The molecule has 3 nitrogen and oxygen atoms in total. The van der Waals surface area contributed by atoms with Crippen molar-refractivity contribution < 1.29 is 0 Å². The summed E-state index contributed by atoms with van der Waals surface area (Å²) in [5, 5.41) is 6.65. The molecule has 0 fully saturated rings. The van der Waals surface area contributed by atoms with Crippen molar-refractivity contribution in [2.24, 2.45) is 4.99 Å². The fourth-order valence-electron chi connectivity index (χ4n) is 2.02. The second-order valence-corrected chi connectivity index (χ2v) is 5.63. The van der Waals surface area contributed by atoms with Crippen LogP contribution in [0.4, 0.5) is 0 Å². The first kappa shape index (κ1) is 19.0. The Morgan fingerprint density at radius 1 is 1.00 bits per heavy atom. The molecule has 0 aliphatic carbocycles. The SMILES string of the molecule is CN=C(NCCc1ccccc1)NCc1cccc(Br)c1.I. The quantitative estimate of drug-likeness (QED) is 0.391. The van der Waals surface area contributed by atoms with Gasteiger partial charge in [-0.2, -0.15) is 0 Å². The number of aliphatic imine (C=N–C) groups is 1. The maximum absolute atomic E-state index is 4.24. The minimum absolute atomic E-state index is 0. The van der Waals surface area contributed by atoms with Crippen LogP contribution in [-0.2, 0) is 13.0 Å². The van der Waals surface area contributed by atoms with E-state index in [9.17, 15) is 0 Å². The molecule has 2 aromatic rings. The molecule has 118 valence electrons. The first-order valence-electron chi connectivity index (χ1n) is 7.01. The summed E-state index contributed by atoms with van der Waals surface area (Å²) in [6.45, 7) is 1.62. The molecule has 0 aliphatic rings. The Bertz CT molecular complexity index is 587. The Labute approximate surface area is 157 Å². The van der Waals surface area contributed by atoms with Gasteiger partial charge in [0.25, 0.3) is 0 Å². The molecule has 0 spiro atoms. The number of nitrogens with one attached hydrogen (secondary N) is 2. The zero-order chi connectivity index (χ0) is 14.9. The molecular weight excluding hydrogens is 453 g/mol. The molecule has 2 rings (SSSR count). The molecule has 22 heavy (non-hydrogen) atoms. The van der Waals surface area contributed by atoms with Crippen molar-refractivity contribution >= 4 is 45.9 Å². The Balaban J connectivity index is 0.00000242. The van der Waals surface area contributed by atoms with E-state index in [-0.39, 0.29) is 24.0 Å². The van der Waals surface area contributed by atoms with Gasteiger partial charge in [-0.25, -0.2) is 0 Å². The Kier molecular flexibility index (Phi) is 9.15. The van der Waals surface area contributed by atoms with Crippen LogP contribution in [0.5, 0.6) is 0 Å². The second kappa shape index (κ2) is 10.6. The zero-order valence-corrected chi connectivity index (χ0v) is 16.5. The van der Waals surface area contributed by atoms with Gasteiger partial charge in [0.15, 0.2) is 5.96 Å². The van der Waals surface area contributed by atoms with Crippen LogP contribution in [0.1, 0.15) is 11.1 Å². The summed E-state index contributed by atoms with van der Waals surface area (Å²) >= 11 is 3.48. The van der Waals surface area contributed by atoms with E-state index >= 15 is 0 Å². The van der Waals surface area contributed by atoms with Crippen LogP contribution < -0.4 is 10.6 Å². The van der Waals surface area contributed by atoms with Crippen LogP contribution in [-0.4, -0.2) is 19.6 Å². The van der Waals surface area contributed by atoms with Gasteiger partial charge in [-0.15, -0.1) is 24.0 Å².